The second-order valence-corrected chi connectivity index (χ2v) is 2.52. The molecule has 10 heavy (non-hydrogen) atoms. The predicted octanol–water partition coefficient (Wildman–Crippen LogP) is 1.21. The van der Waals surface area contributed by atoms with Crippen LogP contribution in [0.2, 0.25) is 0 Å². The summed E-state index contributed by atoms with van der Waals surface area (Å²) >= 11 is 1.38. The molecule has 1 aromatic rings. The van der Waals surface area contributed by atoms with Crippen molar-refractivity contribution in [3.8, 4) is 5.06 Å². The van der Waals surface area contributed by atoms with Gasteiger partial charge in [-0.3, -0.25) is 0 Å². The van der Waals surface area contributed by atoms with Crippen molar-refractivity contribution in [2.24, 2.45) is 0 Å². The zero-order valence-electron chi connectivity index (χ0n) is 5.11. The lowest BCUT2D eigenvalue weighted by Crippen LogP contribution is -2.08. The monoisotopic (exact) mass is 158 g/mol. The van der Waals surface area contributed by atoms with Gasteiger partial charge in [0.05, 0.1) is 0 Å². The van der Waals surface area contributed by atoms with E-state index in [1.807, 2.05) is 11.4 Å². The summed E-state index contributed by atoms with van der Waals surface area (Å²) in [5, 5.41) is 10.7. The molecule has 0 atom stereocenters. The van der Waals surface area contributed by atoms with Gasteiger partial charge in [0, 0.05) is 0 Å². The summed E-state index contributed by atoms with van der Waals surface area (Å²) in [6.45, 7) is -0.263. The SMILES string of the molecule is O=C(O)COc1cccs1. The van der Waals surface area contributed by atoms with Gasteiger partial charge in [-0.15, -0.1) is 11.3 Å². The Hall–Kier alpha value is -1.03. The summed E-state index contributed by atoms with van der Waals surface area (Å²) in [4.78, 5) is 9.97. The molecule has 1 N–H and O–H groups in total. The number of carbonyl (C=O) groups is 1. The molecule has 0 saturated carbocycles. The van der Waals surface area contributed by atoms with Gasteiger partial charge in [0.25, 0.3) is 0 Å². The van der Waals surface area contributed by atoms with Crippen LogP contribution in [0.25, 0.3) is 0 Å². The topological polar surface area (TPSA) is 46.5 Å². The molecule has 0 unspecified atom stereocenters. The Morgan fingerprint density at radius 2 is 2.60 bits per heavy atom. The van der Waals surface area contributed by atoms with Gasteiger partial charge in [0.2, 0.25) is 0 Å². The standard InChI is InChI=1S/C6H6O3S/c7-5(8)4-9-6-2-1-3-10-6/h1-3H,4H2,(H,7,8). The lowest BCUT2D eigenvalue weighted by molar-refractivity contribution is -0.139. The van der Waals surface area contributed by atoms with E-state index in [9.17, 15) is 4.79 Å². The van der Waals surface area contributed by atoms with E-state index in [1.54, 1.807) is 6.07 Å². The average molecular weight is 158 g/mol. The third-order valence-electron chi connectivity index (χ3n) is 0.833. The molecule has 0 spiro atoms. The van der Waals surface area contributed by atoms with Gasteiger partial charge < -0.3 is 9.84 Å². The van der Waals surface area contributed by atoms with Crippen molar-refractivity contribution >= 4 is 17.3 Å². The van der Waals surface area contributed by atoms with Crippen LogP contribution in [0.3, 0.4) is 0 Å². The maximum atomic E-state index is 9.97. The molecule has 4 heteroatoms. The fourth-order valence-corrected chi connectivity index (χ4v) is 1.05. The third-order valence-corrected chi connectivity index (χ3v) is 1.61. The number of rotatable bonds is 3. The molecule has 0 amide bonds. The number of hydrogen-bond donors (Lipinski definition) is 1. The molecule has 3 nitrogen and oxygen atoms in total. The highest BCUT2D eigenvalue weighted by molar-refractivity contribution is 7.11. The van der Waals surface area contributed by atoms with E-state index >= 15 is 0 Å². The van der Waals surface area contributed by atoms with E-state index in [2.05, 4.69) is 0 Å². The van der Waals surface area contributed by atoms with Crippen molar-refractivity contribution in [3.63, 3.8) is 0 Å². The average Bonchev–Trinajstić information content (AvgIpc) is 2.34. The first-order chi connectivity index (χ1) is 4.79. The third kappa shape index (κ3) is 2.06. The summed E-state index contributed by atoms with van der Waals surface area (Å²) in [6.07, 6.45) is 0. The summed E-state index contributed by atoms with van der Waals surface area (Å²) in [5.41, 5.74) is 0. The zero-order chi connectivity index (χ0) is 7.40. The number of carboxylic acid groups (broad SMARTS) is 1. The number of hydrogen-bond acceptors (Lipinski definition) is 3. The van der Waals surface area contributed by atoms with E-state index in [0.717, 1.165) is 0 Å². The Morgan fingerprint density at radius 1 is 1.80 bits per heavy atom. The first-order valence-electron chi connectivity index (χ1n) is 2.67. The van der Waals surface area contributed by atoms with Crippen LogP contribution in [0.15, 0.2) is 17.5 Å². The minimum absolute atomic E-state index is 0.263. The smallest absolute Gasteiger partial charge is 0.341 e. The predicted molar refractivity (Wildman–Crippen MR) is 37.4 cm³/mol. The molecule has 0 aliphatic carbocycles. The second-order valence-electron chi connectivity index (χ2n) is 1.61. The van der Waals surface area contributed by atoms with Crippen LogP contribution >= 0.6 is 11.3 Å². The number of thiophene rings is 1. The van der Waals surface area contributed by atoms with Crippen molar-refractivity contribution in [1.82, 2.24) is 0 Å². The number of aliphatic carboxylic acids is 1. The first kappa shape index (κ1) is 7.08. The van der Waals surface area contributed by atoms with Crippen LogP contribution in [0.1, 0.15) is 0 Å². The minimum Gasteiger partial charge on any atom is -0.479 e. The minimum atomic E-state index is -0.951. The molecule has 0 radical (unpaired) electrons. The lowest BCUT2D eigenvalue weighted by atomic mass is 10.6. The van der Waals surface area contributed by atoms with Crippen molar-refractivity contribution in [3.05, 3.63) is 17.5 Å². The van der Waals surface area contributed by atoms with Crippen molar-refractivity contribution in [1.29, 1.82) is 0 Å². The summed E-state index contributed by atoms with van der Waals surface area (Å²) in [6, 6.07) is 3.54. The van der Waals surface area contributed by atoms with Crippen molar-refractivity contribution in [2.75, 3.05) is 6.61 Å². The molecule has 0 aliphatic heterocycles. The van der Waals surface area contributed by atoms with E-state index in [-0.39, 0.29) is 6.61 Å². The number of ether oxygens (including phenoxy) is 1. The second kappa shape index (κ2) is 3.22. The van der Waals surface area contributed by atoms with Gasteiger partial charge in [-0.25, -0.2) is 4.79 Å². The lowest BCUT2D eigenvalue weighted by Gasteiger charge is -1.95. The number of carboxylic acids is 1. The van der Waals surface area contributed by atoms with E-state index in [1.165, 1.54) is 11.3 Å². The van der Waals surface area contributed by atoms with Crippen molar-refractivity contribution < 1.29 is 14.6 Å². The largest absolute Gasteiger partial charge is 0.479 e. The summed E-state index contributed by atoms with van der Waals surface area (Å²) < 4.78 is 4.83. The van der Waals surface area contributed by atoms with Gasteiger partial charge in [0.15, 0.2) is 11.7 Å². The van der Waals surface area contributed by atoms with E-state index in [0.29, 0.717) is 5.06 Å². The molecule has 0 fully saturated rings. The Labute approximate surface area is 61.9 Å². The quantitative estimate of drug-likeness (QED) is 0.719. The van der Waals surface area contributed by atoms with Crippen LogP contribution in [-0.4, -0.2) is 17.7 Å². The molecule has 0 bridgehead atoms. The fourth-order valence-electron chi connectivity index (χ4n) is 0.478. The fraction of sp³-hybridized carbons (Fsp3) is 0.167. The normalized spacial score (nSPS) is 9.20. The van der Waals surface area contributed by atoms with Crippen LogP contribution in [0, 0.1) is 0 Å². The molecular formula is C6H6O3S. The molecule has 0 aliphatic rings. The maximum absolute atomic E-state index is 9.97. The van der Waals surface area contributed by atoms with Crippen LogP contribution in [0.4, 0.5) is 0 Å². The highest BCUT2D eigenvalue weighted by Crippen LogP contribution is 2.17. The molecular weight excluding hydrogens is 152 g/mol. The molecule has 1 rings (SSSR count). The Bertz CT molecular complexity index is 205. The van der Waals surface area contributed by atoms with Gasteiger partial charge >= 0.3 is 5.97 Å². The highest BCUT2D eigenvalue weighted by Gasteiger charge is 1.97. The Morgan fingerprint density at radius 3 is 3.10 bits per heavy atom. The van der Waals surface area contributed by atoms with Crippen LogP contribution in [-0.2, 0) is 4.79 Å². The van der Waals surface area contributed by atoms with Gasteiger partial charge in [0.1, 0.15) is 0 Å². The van der Waals surface area contributed by atoms with E-state index in [4.69, 9.17) is 9.84 Å². The van der Waals surface area contributed by atoms with Gasteiger partial charge in [-0.2, -0.15) is 0 Å². The van der Waals surface area contributed by atoms with Crippen molar-refractivity contribution in [2.45, 2.75) is 0 Å². The van der Waals surface area contributed by atoms with Gasteiger partial charge in [-0.1, -0.05) is 0 Å². The van der Waals surface area contributed by atoms with Crippen LogP contribution < -0.4 is 4.74 Å². The Balaban J connectivity index is 2.35. The molecule has 1 heterocycles. The summed E-state index contributed by atoms with van der Waals surface area (Å²) in [7, 11) is 0. The first-order valence-corrected chi connectivity index (χ1v) is 3.55. The van der Waals surface area contributed by atoms with E-state index < -0.39 is 5.97 Å². The molecule has 0 aromatic carbocycles. The van der Waals surface area contributed by atoms with Crippen LogP contribution in [0.5, 0.6) is 5.06 Å². The molecule has 1 aromatic heterocycles. The van der Waals surface area contributed by atoms with Gasteiger partial charge in [-0.05, 0) is 17.5 Å². The summed E-state index contributed by atoms with van der Waals surface area (Å²) in [5.74, 6) is -0.951. The highest BCUT2D eigenvalue weighted by atomic mass is 32.1. The molecule has 54 valence electrons. The zero-order valence-corrected chi connectivity index (χ0v) is 5.93. The molecule has 0 saturated heterocycles. The Kier molecular flexibility index (Phi) is 2.28. The maximum Gasteiger partial charge on any atom is 0.341 e.